The molecule has 5 heteroatoms. The molecule has 1 atom stereocenters. The maximum absolute atomic E-state index is 12.6. The minimum atomic E-state index is -0.831. The summed E-state index contributed by atoms with van der Waals surface area (Å²) in [5, 5.41) is 10.3. The minimum Gasteiger partial charge on any atom is -0.481 e. The number of pyridine rings is 1. The summed E-state index contributed by atoms with van der Waals surface area (Å²) >= 11 is 0. The van der Waals surface area contributed by atoms with E-state index in [1.807, 2.05) is 37.3 Å². The lowest BCUT2D eigenvalue weighted by Crippen LogP contribution is -2.18. The minimum absolute atomic E-state index is 0.421. The van der Waals surface area contributed by atoms with E-state index in [1.54, 1.807) is 0 Å². The van der Waals surface area contributed by atoms with Crippen LogP contribution in [0, 0.1) is 13.8 Å². The van der Waals surface area contributed by atoms with Crippen molar-refractivity contribution in [3.05, 3.63) is 82.8 Å². The van der Waals surface area contributed by atoms with Crippen LogP contribution in [0.5, 0.6) is 0 Å². The molecule has 0 aliphatic carbocycles. The van der Waals surface area contributed by atoms with Gasteiger partial charge in [-0.25, -0.2) is 9.97 Å². The van der Waals surface area contributed by atoms with Gasteiger partial charge < -0.3 is 9.67 Å². The zero-order valence-corrected chi connectivity index (χ0v) is 17.8. The third kappa shape index (κ3) is 3.40. The van der Waals surface area contributed by atoms with Crippen LogP contribution >= 0.6 is 0 Å². The predicted molar refractivity (Wildman–Crippen MR) is 121 cm³/mol. The summed E-state index contributed by atoms with van der Waals surface area (Å²) in [5.41, 5.74) is 7.38. The van der Waals surface area contributed by atoms with E-state index in [0.29, 0.717) is 6.42 Å². The summed E-state index contributed by atoms with van der Waals surface area (Å²) in [6.07, 6.45) is 2.41. The molecule has 0 fully saturated rings. The number of hydrogen-bond acceptors (Lipinski definition) is 3. The van der Waals surface area contributed by atoms with Gasteiger partial charge in [0.2, 0.25) is 0 Å². The first-order chi connectivity index (χ1) is 15.0. The van der Waals surface area contributed by atoms with Crippen molar-refractivity contribution in [3.63, 3.8) is 0 Å². The molecule has 0 saturated heterocycles. The van der Waals surface area contributed by atoms with Gasteiger partial charge in [-0.05, 0) is 43.4 Å². The van der Waals surface area contributed by atoms with Crippen LogP contribution in [-0.2, 0) is 24.2 Å². The third-order valence-electron chi connectivity index (χ3n) is 6.25. The number of rotatable bonds is 5. The molecule has 2 aromatic heterocycles. The third-order valence-corrected chi connectivity index (χ3v) is 6.25. The van der Waals surface area contributed by atoms with E-state index in [1.165, 1.54) is 5.56 Å². The number of imidazole rings is 1. The number of fused-ring (bicyclic) bond motifs is 3. The highest BCUT2D eigenvalue weighted by Crippen LogP contribution is 2.40. The molecule has 1 N–H and O–H groups in total. The topological polar surface area (TPSA) is 68.0 Å². The standard InChI is InChI=1S/C26H25N3O2/c1-16-10-12-19(13-11-16)23-22(20(26(30)31)15-18-7-4-3-5-8-18)17(2)27-25-24(23)29-14-6-9-21(29)28-25/h3-5,7-8,10-13,20H,6,9,14-15H2,1-2H3,(H,30,31). The van der Waals surface area contributed by atoms with Crippen molar-refractivity contribution in [1.82, 2.24) is 14.5 Å². The average Bonchev–Trinajstić information content (AvgIpc) is 3.34. The first kappa shape index (κ1) is 19.5. The Balaban J connectivity index is 1.80. The molecule has 1 aliphatic rings. The zero-order chi connectivity index (χ0) is 21.5. The predicted octanol–water partition coefficient (Wildman–Crippen LogP) is 5.07. The van der Waals surface area contributed by atoms with Crippen LogP contribution in [0.2, 0.25) is 0 Å². The van der Waals surface area contributed by atoms with Gasteiger partial charge >= 0.3 is 5.97 Å². The Morgan fingerprint density at radius 1 is 1.06 bits per heavy atom. The molecule has 31 heavy (non-hydrogen) atoms. The largest absolute Gasteiger partial charge is 0.481 e. The second-order valence-corrected chi connectivity index (χ2v) is 8.39. The lowest BCUT2D eigenvalue weighted by molar-refractivity contribution is -0.138. The van der Waals surface area contributed by atoms with Crippen LogP contribution in [0.25, 0.3) is 22.3 Å². The lowest BCUT2D eigenvalue weighted by Gasteiger charge is -2.21. The Hall–Kier alpha value is -3.47. The first-order valence-corrected chi connectivity index (χ1v) is 10.8. The van der Waals surface area contributed by atoms with E-state index in [-0.39, 0.29) is 0 Å². The number of carboxylic acid groups (broad SMARTS) is 1. The van der Waals surface area contributed by atoms with Gasteiger partial charge in [-0.3, -0.25) is 4.79 Å². The van der Waals surface area contributed by atoms with Crippen molar-refractivity contribution in [2.24, 2.45) is 0 Å². The Labute approximate surface area is 181 Å². The van der Waals surface area contributed by atoms with Crippen molar-refractivity contribution in [1.29, 1.82) is 0 Å². The molecule has 1 aliphatic heterocycles. The summed E-state index contributed by atoms with van der Waals surface area (Å²) in [7, 11) is 0. The second kappa shape index (κ2) is 7.65. The maximum atomic E-state index is 12.6. The van der Waals surface area contributed by atoms with Gasteiger partial charge in [-0.2, -0.15) is 0 Å². The van der Waals surface area contributed by atoms with Gasteiger partial charge in [0.15, 0.2) is 5.65 Å². The summed E-state index contributed by atoms with van der Waals surface area (Å²) in [5.74, 6) is -0.479. The number of carboxylic acids is 1. The van der Waals surface area contributed by atoms with Gasteiger partial charge in [-0.15, -0.1) is 0 Å². The number of carbonyl (C=O) groups is 1. The highest BCUT2D eigenvalue weighted by Gasteiger charge is 2.31. The Morgan fingerprint density at radius 3 is 2.52 bits per heavy atom. The maximum Gasteiger partial charge on any atom is 0.311 e. The quantitative estimate of drug-likeness (QED) is 0.498. The molecule has 1 unspecified atom stereocenters. The summed E-state index contributed by atoms with van der Waals surface area (Å²) in [6, 6.07) is 18.2. The average molecular weight is 412 g/mol. The zero-order valence-electron chi connectivity index (χ0n) is 17.8. The highest BCUT2D eigenvalue weighted by atomic mass is 16.4. The Bertz CT molecular complexity index is 1270. The summed E-state index contributed by atoms with van der Waals surface area (Å²) < 4.78 is 2.24. The molecule has 4 aromatic rings. The highest BCUT2D eigenvalue weighted by molar-refractivity contribution is 5.96. The molecule has 0 amide bonds. The van der Waals surface area contributed by atoms with Crippen LogP contribution < -0.4 is 0 Å². The molecule has 2 aromatic carbocycles. The van der Waals surface area contributed by atoms with E-state index in [9.17, 15) is 9.90 Å². The van der Waals surface area contributed by atoms with Crippen molar-refractivity contribution in [3.8, 4) is 11.1 Å². The molecule has 5 rings (SSSR count). The van der Waals surface area contributed by atoms with Crippen molar-refractivity contribution >= 4 is 17.1 Å². The van der Waals surface area contributed by atoms with Crippen molar-refractivity contribution in [2.45, 2.75) is 45.6 Å². The number of benzene rings is 2. The Morgan fingerprint density at radius 2 is 1.81 bits per heavy atom. The second-order valence-electron chi connectivity index (χ2n) is 8.39. The summed E-state index contributed by atoms with van der Waals surface area (Å²) in [6.45, 7) is 4.87. The molecular weight excluding hydrogens is 386 g/mol. The first-order valence-electron chi connectivity index (χ1n) is 10.8. The lowest BCUT2D eigenvalue weighted by atomic mass is 9.85. The monoisotopic (exact) mass is 411 g/mol. The molecule has 156 valence electrons. The van der Waals surface area contributed by atoms with Crippen LogP contribution in [0.4, 0.5) is 0 Å². The summed E-state index contributed by atoms with van der Waals surface area (Å²) in [4.78, 5) is 22.1. The fourth-order valence-electron chi connectivity index (χ4n) is 4.77. The van der Waals surface area contributed by atoms with Crippen molar-refractivity contribution in [2.75, 3.05) is 0 Å². The number of nitrogens with zero attached hydrogens (tertiary/aromatic N) is 3. The fourth-order valence-corrected chi connectivity index (χ4v) is 4.77. The molecule has 0 saturated carbocycles. The molecule has 0 spiro atoms. The van der Waals surface area contributed by atoms with Crippen LogP contribution in [0.15, 0.2) is 54.6 Å². The molecule has 5 nitrogen and oxygen atoms in total. The Kier molecular flexibility index (Phi) is 4.81. The number of aryl methyl sites for hydroxylation is 4. The fraction of sp³-hybridized carbons (Fsp3) is 0.269. The number of hydrogen-bond donors (Lipinski definition) is 1. The van der Waals surface area contributed by atoms with E-state index >= 15 is 0 Å². The molecule has 0 bridgehead atoms. The van der Waals surface area contributed by atoms with Gasteiger partial charge in [0.1, 0.15) is 5.82 Å². The van der Waals surface area contributed by atoms with Crippen molar-refractivity contribution < 1.29 is 9.90 Å². The van der Waals surface area contributed by atoms with E-state index in [2.05, 4.69) is 35.8 Å². The van der Waals surface area contributed by atoms with Crippen LogP contribution in [0.3, 0.4) is 0 Å². The van der Waals surface area contributed by atoms with Gasteiger partial charge in [0.05, 0.1) is 11.4 Å². The molecule has 3 heterocycles. The number of aliphatic carboxylic acids is 1. The smallest absolute Gasteiger partial charge is 0.311 e. The van der Waals surface area contributed by atoms with E-state index < -0.39 is 11.9 Å². The number of aromatic nitrogens is 3. The molecule has 0 radical (unpaired) electrons. The van der Waals surface area contributed by atoms with Crippen LogP contribution in [-0.4, -0.2) is 25.6 Å². The molecular formula is C26H25N3O2. The van der Waals surface area contributed by atoms with Gasteiger partial charge in [0.25, 0.3) is 0 Å². The normalized spacial score (nSPS) is 14.0. The van der Waals surface area contributed by atoms with Crippen LogP contribution in [0.1, 0.15) is 40.5 Å². The van der Waals surface area contributed by atoms with Gasteiger partial charge in [0, 0.05) is 24.2 Å². The van der Waals surface area contributed by atoms with E-state index in [0.717, 1.165) is 64.3 Å². The van der Waals surface area contributed by atoms with Gasteiger partial charge in [-0.1, -0.05) is 60.2 Å². The van der Waals surface area contributed by atoms with E-state index in [4.69, 9.17) is 9.97 Å². The SMILES string of the molecule is Cc1ccc(-c2c(C(Cc3ccccc3)C(=O)O)c(C)nc3nc4n(c23)CCC4)cc1.